The lowest BCUT2D eigenvalue weighted by atomic mass is 10.1. The quantitative estimate of drug-likeness (QED) is 0.141. The van der Waals surface area contributed by atoms with Crippen LogP contribution >= 0.6 is 0 Å². The summed E-state index contributed by atoms with van der Waals surface area (Å²) in [6, 6.07) is 0. The highest BCUT2D eigenvalue weighted by Crippen LogP contribution is 2.09. The van der Waals surface area contributed by atoms with Crippen LogP contribution in [0, 0.1) is 0 Å². The van der Waals surface area contributed by atoms with Gasteiger partial charge in [0.2, 0.25) is 0 Å². The van der Waals surface area contributed by atoms with Crippen LogP contribution in [0.3, 0.4) is 0 Å². The van der Waals surface area contributed by atoms with Crippen molar-refractivity contribution in [2.24, 2.45) is 5.73 Å². The third-order valence-corrected chi connectivity index (χ3v) is 6.19. The van der Waals surface area contributed by atoms with E-state index in [9.17, 15) is 0 Å². The van der Waals surface area contributed by atoms with E-state index in [1.54, 1.807) is 0 Å². The van der Waals surface area contributed by atoms with Gasteiger partial charge in [0.05, 0.1) is 0 Å². The molecule has 0 aromatic heterocycles. The van der Waals surface area contributed by atoms with Crippen LogP contribution in [0.15, 0.2) is 154 Å². The molecule has 41 heavy (non-hydrogen) atoms. The van der Waals surface area contributed by atoms with Gasteiger partial charge in [0, 0.05) is 6.54 Å². The van der Waals surface area contributed by atoms with Crippen LogP contribution in [-0.4, -0.2) is 6.54 Å². The largest absolute Gasteiger partial charge is 0.327 e. The monoisotopic (exact) mass is 551 g/mol. The molecule has 0 aliphatic heterocycles. The molecule has 0 saturated heterocycles. The van der Waals surface area contributed by atoms with Crippen LogP contribution in [0.4, 0.5) is 0 Å². The van der Waals surface area contributed by atoms with Gasteiger partial charge in [-0.05, 0) is 88.0 Å². The first-order valence-electron chi connectivity index (χ1n) is 14.9. The summed E-state index contributed by atoms with van der Waals surface area (Å²) in [6.07, 6.45) is 43.0. The summed E-state index contributed by atoms with van der Waals surface area (Å²) in [5.74, 6) is 0. The van der Waals surface area contributed by atoms with Crippen LogP contribution < -0.4 is 5.73 Å². The topological polar surface area (TPSA) is 26.0 Å². The minimum atomic E-state index is 0.645. The number of rotatable bonds is 17. The Bertz CT molecular complexity index is 1170. The molecule has 0 fully saturated rings. The van der Waals surface area contributed by atoms with Crippen molar-refractivity contribution in [1.82, 2.24) is 0 Å². The van der Waals surface area contributed by atoms with Crippen molar-refractivity contribution >= 4 is 0 Å². The van der Waals surface area contributed by atoms with Crippen molar-refractivity contribution in [1.29, 1.82) is 0 Å². The third kappa shape index (κ3) is 25.3. The highest BCUT2D eigenvalue weighted by molar-refractivity contribution is 5.32. The van der Waals surface area contributed by atoms with E-state index >= 15 is 0 Å². The fourth-order valence-corrected chi connectivity index (χ4v) is 3.45. The van der Waals surface area contributed by atoms with Gasteiger partial charge in [-0.3, -0.25) is 0 Å². The lowest BCUT2D eigenvalue weighted by molar-refractivity contribution is 0.957. The number of allylic oxidation sites excluding steroid dienone is 25. The highest BCUT2D eigenvalue weighted by Gasteiger charge is 1.89. The van der Waals surface area contributed by atoms with Gasteiger partial charge in [-0.15, -0.1) is 0 Å². The molecular weight excluding hydrogens is 494 g/mol. The Morgan fingerprint density at radius 3 is 1.12 bits per heavy atom. The Balaban J connectivity index is 4.70. The van der Waals surface area contributed by atoms with Gasteiger partial charge in [0.15, 0.2) is 0 Å². The molecule has 0 rings (SSSR count). The average Bonchev–Trinajstić information content (AvgIpc) is 2.90. The summed E-state index contributed by atoms with van der Waals surface area (Å²) in [5, 5.41) is 0. The van der Waals surface area contributed by atoms with Gasteiger partial charge in [0.1, 0.15) is 0 Å². The van der Waals surface area contributed by atoms with E-state index < -0.39 is 0 Å². The minimum absolute atomic E-state index is 0.645. The Hall–Kier alpha value is -3.42. The zero-order valence-electron chi connectivity index (χ0n) is 27.5. The first-order valence-corrected chi connectivity index (χ1v) is 14.9. The second-order valence-electron chi connectivity index (χ2n) is 11.1. The van der Waals surface area contributed by atoms with E-state index in [1.165, 1.54) is 44.6 Å². The zero-order chi connectivity index (χ0) is 30.9. The molecule has 0 heterocycles. The SMILES string of the molecule is CC(C)=CCC/C(C)=C/C=C/C(C)=C/C=C/C(C)=C/C=C/C=C(C)/C=C/C=C(C)/C=C/C=C(\C)CC/C=C(\C)CN. The van der Waals surface area contributed by atoms with Crippen molar-refractivity contribution in [3.05, 3.63) is 154 Å². The highest BCUT2D eigenvalue weighted by atomic mass is 14.5. The second-order valence-corrected chi connectivity index (χ2v) is 11.1. The lowest BCUT2D eigenvalue weighted by Crippen LogP contribution is -1.99. The standard InChI is InChI=1S/C40H57N/c1-33(2)18-12-21-36(5)24-15-27-37(6)25-13-22-34(3)19-10-11-20-35(4)23-14-26-38(7)28-16-29-39(8)30-17-31-40(9)32-41/h10-11,13-16,18-20,22-29,31H,12,17,21,30,32,41H2,1-9H3/b11-10+,22-13+,23-14+,27-15+,28-16+,34-19+,35-20+,36-24+,37-25+,38-26+,39-29+,40-31+. The molecule has 0 aliphatic rings. The lowest BCUT2D eigenvalue weighted by Gasteiger charge is -1.98. The summed E-state index contributed by atoms with van der Waals surface area (Å²) in [6.45, 7) is 19.9. The summed E-state index contributed by atoms with van der Waals surface area (Å²) < 4.78 is 0. The molecule has 0 unspecified atom stereocenters. The molecular formula is C40H57N. The van der Waals surface area contributed by atoms with E-state index in [4.69, 9.17) is 5.73 Å². The van der Waals surface area contributed by atoms with Crippen molar-refractivity contribution in [2.45, 2.75) is 88.0 Å². The minimum Gasteiger partial charge on any atom is -0.327 e. The van der Waals surface area contributed by atoms with Gasteiger partial charge >= 0.3 is 0 Å². The third-order valence-electron chi connectivity index (χ3n) is 6.19. The average molecular weight is 552 g/mol. The van der Waals surface area contributed by atoms with E-state index in [1.807, 2.05) is 0 Å². The van der Waals surface area contributed by atoms with Gasteiger partial charge in [-0.2, -0.15) is 0 Å². The summed E-state index contributed by atoms with van der Waals surface area (Å²) in [7, 11) is 0. The second kappa shape index (κ2) is 24.4. The molecule has 222 valence electrons. The maximum Gasteiger partial charge on any atom is 0.0134 e. The van der Waals surface area contributed by atoms with E-state index in [0.29, 0.717) is 6.54 Å². The van der Waals surface area contributed by atoms with Gasteiger partial charge < -0.3 is 5.73 Å². The van der Waals surface area contributed by atoms with E-state index in [-0.39, 0.29) is 0 Å². The molecule has 1 nitrogen and oxygen atoms in total. The Morgan fingerprint density at radius 2 is 0.756 bits per heavy atom. The van der Waals surface area contributed by atoms with Crippen LogP contribution in [0.5, 0.6) is 0 Å². The molecule has 0 spiro atoms. The van der Waals surface area contributed by atoms with Gasteiger partial charge in [-0.25, -0.2) is 0 Å². The van der Waals surface area contributed by atoms with Gasteiger partial charge in [0.25, 0.3) is 0 Å². The Labute approximate surface area is 253 Å². The van der Waals surface area contributed by atoms with Crippen molar-refractivity contribution in [2.75, 3.05) is 6.54 Å². The molecule has 1 heteroatoms. The molecule has 0 aromatic rings. The van der Waals surface area contributed by atoms with Crippen LogP contribution in [0.2, 0.25) is 0 Å². The Morgan fingerprint density at radius 1 is 0.415 bits per heavy atom. The molecule has 0 radical (unpaired) electrons. The molecule has 0 aromatic carbocycles. The maximum atomic E-state index is 5.63. The van der Waals surface area contributed by atoms with E-state index in [0.717, 1.165) is 25.7 Å². The van der Waals surface area contributed by atoms with Crippen LogP contribution in [0.1, 0.15) is 88.0 Å². The van der Waals surface area contributed by atoms with Crippen molar-refractivity contribution < 1.29 is 0 Å². The van der Waals surface area contributed by atoms with Crippen molar-refractivity contribution in [3.8, 4) is 0 Å². The first kappa shape index (κ1) is 37.6. The van der Waals surface area contributed by atoms with Crippen molar-refractivity contribution in [3.63, 3.8) is 0 Å². The molecule has 0 amide bonds. The number of hydrogen-bond acceptors (Lipinski definition) is 1. The molecule has 0 bridgehead atoms. The van der Waals surface area contributed by atoms with Crippen LogP contribution in [0.25, 0.3) is 0 Å². The number of nitrogens with two attached hydrogens (primary N) is 1. The zero-order valence-corrected chi connectivity index (χ0v) is 27.5. The smallest absolute Gasteiger partial charge is 0.0134 e. The molecule has 2 N–H and O–H groups in total. The summed E-state index contributed by atoms with van der Waals surface area (Å²) in [4.78, 5) is 0. The molecule has 0 atom stereocenters. The van der Waals surface area contributed by atoms with Gasteiger partial charge in [-0.1, -0.05) is 154 Å². The summed E-state index contributed by atoms with van der Waals surface area (Å²) >= 11 is 0. The predicted octanol–water partition coefficient (Wildman–Crippen LogP) is 11.9. The first-order chi connectivity index (χ1) is 19.5. The molecule has 0 aliphatic carbocycles. The predicted molar refractivity (Wildman–Crippen MR) is 189 cm³/mol. The molecule has 0 saturated carbocycles. The normalized spacial score (nSPS) is 15.6. The van der Waals surface area contributed by atoms with E-state index in [2.05, 4.69) is 172 Å². The Kier molecular flexibility index (Phi) is 22.3. The fraction of sp³-hybridized carbons (Fsp3) is 0.350. The number of hydrogen-bond donors (Lipinski definition) is 1. The van der Waals surface area contributed by atoms with Crippen LogP contribution in [-0.2, 0) is 0 Å². The fourth-order valence-electron chi connectivity index (χ4n) is 3.45. The maximum absolute atomic E-state index is 5.63. The summed E-state index contributed by atoms with van der Waals surface area (Å²) in [5.41, 5.74) is 15.9.